The van der Waals surface area contributed by atoms with Gasteiger partial charge in [0.2, 0.25) is 0 Å². The SMILES string of the molecule is O=C(O)C(O)c1ccc(I)c(I)c1O. The Labute approximate surface area is 107 Å². The predicted octanol–water partition coefficient (Wildman–Crippen LogP) is 1.72. The van der Waals surface area contributed by atoms with Crippen molar-refractivity contribution in [2.24, 2.45) is 0 Å². The van der Waals surface area contributed by atoms with Crippen molar-refractivity contribution in [3.63, 3.8) is 0 Å². The zero-order valence-corrected chi connectivity index (χ0v) is 11.1. The molecule has 1 unspecified atom stereocenters. The van der Waals surface area contributed by atoms with Gasteiger partial charge in [-0.2, -0.15) is 0 Å². The highest BCUT2D eigenvalue weighted by Gasteiger charge is 2.21. The van der Waals surface area contributed by atoms with Crippen LogP contribution in [0.3, 0.4) is 0 Å². The van der Waals surface area contributed by atoms with E-state index in [0.717, 1.165) is 3.57 Å². The molecule has 0 saturated carbocycles. The summed E-state index contributed by atoms with van der Waals surface area (Å²) in [6, 6.07) is 3.04. The van der Waals surface area contributed by atoms with Crippen LogP contribution in [0.1, 0.15) is 11.7 Å². The number of hydrogen-bond acceptors (Lipinski definition) is 3. The lowest BCUT2D eigenvalue weighted by atomic mass is 10.1. The maximum absolute atomic E-state index is 10.5. The van der Waals surface area contributed by atoms with Crippen LogP contribution >= 0.6 is 45.2 Å². The van der Waals surface area contributed by atoms with Crippen LogP contribution in [0.15, 0.2) is 12.1 Å². The Morgan fingerprint density at radius 3 is 2.43 bits per heavy atom. The molecule has 14 heavy (non-hydrogen) atoms. The average molecular weight is 420 g/mol. The average Bonchev–Trinajstić information content (AvgIpc) is 2.13. The first-order chi connectivity index (χ1) is 6.45. The quantitative estimate of drug-likeness (QED) is 0.638. The number of aliphatic hydroxyl groups excluding tert-OH is 1. The van der Waals surface area contributed by atoms with Gasteiger partial charge in [0.1, 0.15) is 5.75 Å². The van der Waals surface area contributed by atoms with Crippen LogP contribution in [0.25, 0.3) is 0 Å². The van der Waals surface area contributed by atoms with Crippen LogP contribution in [-0.4, -0.2) is 21.3 Å². The third-order valence-electron chi connectivity index (χ3n) is 1.63. The molecule has 0 aliphatic heterocycles. The van der Waals surface area contributed by atoms with E-state index in [4.69, 9.17) is 5.11 Å². The van der Waals surface area contributed by atoms with Gasteiger partial charge >= 0.3 is 5.97 Å². The van der Waals surface area contributed by atoms with E-state index in [-0.39, 0.29) is 11.3 Å². The van der Waals surface area contributed by atoms with Crippen molar-refractivity contribution < 1.29 is 20.1 Å². The Bertz CT molecular complexity index is 378. The summed E-state index contributed by atoms with van der Waals surface area (Å²) in [5.41, 5.74) is 0.0160. The number of aliphatic hydroxyl groups is 1. The minimum Gasteiger partial charge on any atom is -0.506 e. The zero-order valence-electron chi connectivity index (χ0n) is 6.74. The Hall–Kier alpha value is -0.0900. The van der Waals surface area contributed by atoms with Gasteiger partial charge in [-0.1, -0.05) is 6.07 Å². The number of halogens is 2. The Morgan fingerprint density at radius 1 is 1.36 bits per heavy atom. The molecule has 4 nitrogen and oxygen atoms in total. The van der Waals surface area contributed by atoms with Crippen molar-refractivity contribution >= 4 is 51.2 Å². The second-order valence-corrected chi connectivity index (χ2v) is 4.78. The lowest BCUT2D eigenvalue weighted by Crippen LogP contribution is -2.11. The van der Waals surface area contributed by atoms with E-state index < -0.39 is 12.1 Å². The summed E-state index contributed by atoms with van der Waals surface area (Å²) >= 11 is 3.90. The number of benzene rings is 1. The Balaban J connectivity index is 3.24. The standard InChI is InChI=1S/C8H6I2O4/c9-4-2-1-3(6(11)5(4)10)7(12)8(13)14/h1-2,7,11-12H,(H,13,14). The van der Waals surface area contributed by atoms with E-state index in [2.05, 4.69) is 0 Å². The molecule has 0 heterocycles. The van der Waals surface area contributed by atoms with Crippen molar-refractivity contribution in [1.82, 2.24) is 0 Å². The minimum absolute atomic E-state index is 0.0160. The molecule has 0 radical (unpaired) electrons. The molecule has 6 heteroatoms. The molecule has 76 valence electrons. The fourth-order valence-electron chi connectivity index (χ4n) is 0.909. The van der Waals surface area contributed by atoms with E-state index in [1.165, 1.54) is 6.07 Å². The second-order valence-electron chi connectivity index (χ2n) is 2.54. The van der Waals surface area contributed by atoms with E-state index in [1.807, 2.05) is 45.2 Å². The lowest BCUT2D eigenvalue weighted by Gasteiger charge is -2.10. The molecule has 0 aromatic heterocycles. The van der Waals surface area contributed by atoms with Gasteiger partial charge in [0.05, 0.1) is 3.57 Å². The largest absolute Gasteiger partial charge is 0.506 e. The van der Waals surface area contributed by atoms with E-state index >= 15 is 0 Å². The first-order valence-electron chi connectivity index (χ1n) is 3.53. The highest BCUT2D eigenvalue weighted by Crippen LogP contribution is 2.32. The third kappa shape index (κ3) is 2.28. The number of phenolic OH excluding ortho intramolecular Hbond substituents is 1. The van der Waals surface area contributed by atoms with Gasteiger partial charge in [-0.3, -0.25) is 0 Å². The van der Waals surface area contributed by atoms with Crippen LogP contribution in [0.4, 0.5) is 0 Å². The van der Waals surface area contributed by atoms with Crippen LogP contribution in [0.5, 0.6) is 5.75 Å². The number of hydrogen-bond donors (Lipinski definition) is 3. The third-order valence-corrected chi connectivity index (χ3v) is 4.65. The lowest BCUT2D eigenvalue weighted by molar-refractivity contribution is -0.147. The van der Waals surface area contributed by atoms with Crippen LogP contribution in [0.2, 0.25) is 0 Å². The second kappa shape index (κ2) is 4.62. The molecule has 1 aromatic rings. The number of phenols is 1. The summed E-state index contributed by atoms with van der Waals surface area (Å²) in [5.74, 6) is -1.55. The van der Waals surface area contributed by atoms with Crippen molar-refractivity contribution in [3.05, 3.63) is 24.8 Å². The number of carboxylic acid groups (broad SMARTS) is 1. The monoisotopic (exact) mass is 420 g/mol. The topological polar surface area (TPSA) is 77.8 Å². The molecule has 0 bridgehead atoms. The van der Waals surface area contributed by atoms with Gasteiger partial charge in [-0.05, 0) is 51.2 Å². The molecule has 0 fully saturated rings. The van der Waals surface area contributed by atoms with Gasteiger partial charge in [0.15, 0.2) is 6.10 Å². The summed E-state index contributed by atoms with van der Waals surface area (Å²) in [7, 11) is 0. The molecule has 3 N–H and O–H groups in total. The molecule has 0 saturated heterocycles. The van der Waals surface area contributed by atoms with Crippen molar-refractivity contribution in [1.29, 1.82) is 0 Å². The Kier molecular flexibility index (Phi) is 3.95. The maximum Gasteiger partial charge on any atom is 0.337 e. The summed E-state index contributed by atoms with van der Waals surface area (Å²) in [6.45, 7) is 0. The summed E-state index contributed by atoms with van der Waals surface area (Å²) in [5, 5.41) is 27.3. The molecule has 0 aliphatic rings. The molecule has 1 rings (SSSR count). The van der Waals surface area contributed by atoms with Gasteiger partial charge in [-0.15, -0.1) is 0 Å². The summed E-state index contributed by atoms with van der Waals surface area (Å²) < 4.78 is 1.35. The smallest absolute Gasteiger partial charge is 0.337 e. The Morgan fingerprint density at radius 2 is 1.93 bits per heavy atom. The van der Waals surface area contributed by atoms with Gasteiger partial charge in [0, 0.05) is 9.13 Å². The van der Waals surface area contributed by atoms with E-state index in [9.17, 15) is 15.0 Å². The number of aromatic hydroxyl groups is 1. The highest BCUT2D eigenvalue weighted by molar-refractivity contribution is 14.1. The van der Waals surface area contributed by atoms with Crippen molar-refractivity contribution in [2.45, 2.75) is 6.10 Å². The first-order valence-corrected chi connectivity index (χ1v) is 5.68. The molecule has 0 spiro atoms. The molecule has 1 aromatic carbocycles. The highest BCUT2D eigenvalue weighted by atomic mass is 127. The zero-order chi connectivity index (χ0) is 10.9. The van der Waals surface area contributed by atoms with Crippen molar-refractivity contribution in [3.8, 4) is 5.75 Å². The van der Waals surface area contributed by atoms with Gasteiger partial charge in [0.25, 0.3) is 0 Å². The summed E-state index contributed by atoms with van der Waals surface area (Å²) in [6.07, 6.45) is -1.68. The molecule has 1 atom stereocenters. The molecular formula is C8H6I2O4. The van der Waals surface area contributed by atoms with Crippen molar-refractivity contribution in [2.75, 3.05) is 0 Å². The molecule has 0 amide bonds. The molecular weight excluding hydrogens is 414 g/mol. The fourth-order valence-corrected chi connectivity index (χ4v) is 1.83. The van der Waals surface area contributed by atoms with Gasteiger partial charge in [-0.25, -0.2) is 4.79 Å². The van der Waals surface area contributed by atoms with Crippen LogP contribution in [0, 0.1) is 7.14 Å². The van der Waals surface area contributed by atoms with Crippen LogP contribution in [-0.2, 0) is 4.79 Å². The maximum atomic E-state index is 10.5. The summed E-state index contributed by atoms with van der Waals surface area (Å²) in [4.78, 5) is 10.5. The van der Waals surface area contributed by atoms with Crippen LogP contribution < -0.4 is 0 Å². The molecule has 0 aliphatic carbocycles. The first kappa shape index (κ1) is 12.0. The predicted molar refractivity (Wildman–Crippen MR) is 66.1 cm³/mol. The fraction of sp³-hybridized carbons (Fsp3) is 0.125. The number of aliphatic carboxylic acids is 1. The minimum atomic E-state index is -1.68. The van der Waals surface area contributed by atoms with Gasteiger partial charge < -0.3 is 15.3 Å². The number of rotatable bonds is 2. The van der Waals surface area contributed by atoms with E-state index in [1.54, 1.807) is 6.07 Å². The number of carboxylic acids is 1. The number of carbonyl (C=O) groups is 1. The van der Waals surface area contributed by atoms with E-state index in [0.29, 0.717) is 3.57 Å². The normalized spacial score (nSPS) is 12.5.